The first-order valence-corrected chi connectivity index (χ1v) is 5.78. The van der Waals surface area contributed by atoms with Crippen LogP contribution in [0.1, 0.15) is 30.8 Å². The van der Waals surface area contributed by atoms with Crippen molar-refractivity contribution >= 4 is 22.4 Å². The van der Waals surface area contributed by atoms with Gasteiger partial charge in [-0.25, -0.2) is 4.98 Å². The van der Waals surface area contributed by atoms with Gasteiger partial charge in [0.15, 0.2) is 5.13 Å². The van der Waals surface area contributed by atoms with Crippen molar-refractivity contribution in [1.82, 2.24) is 4.98 Å². The Hall–Kier alpha value is -1.16. The van der Waals surface area contributed by atoms with Gasteiger partial charge in [-0.05, 0) is 18.9 Å². The fourth-order valence-electron chi connectivity index (χ4n) is 1.80. The molecular formula is C11H14N2OS. The molecule has 3 nitrogen and oxygen atoms in total. The van der Waals surface area contributed by atoms with Gasteiger partial charge in [-0.15, -0.1) is 11.3 Å². The summed E-state index contributed by atoms with van der Waals surface area (Å²) in [5.41, 5.74) is 1.30. The van der Waals surface area contributed by atoms with E-state index in [-0.39, 0.29) is 11.3 Å². The molecule has 0 unspecified atom stereocenters. The van der Waals surface area contributed by atoms with Crippen molar-refractivity contribution < 1.29 is 4.79 Å². The zero-order valence-electron chi connectivity index (χ0n) is 8.96. The molecule has 0 fully saturated rings. The molecule has 1 heterocycles. The van der Waals surface area contributed by atoms with Gasteiger partial charge in [-0.1, -0.05) is 20.4 Å². The van der Waals surface area contributed by atoms with E-state index >= 15 is 0 Å². The van der Waals surface area contributed by atoms with Gasteiger partial charge in [0.1, 0.15) is 0 Å². The Balaban J connectivity index is 2.25. The Kier molecular flexibility index (Phi) is 2.38. The average Bonchev–Trinajstić information content (AvgIpc) is 2.68. The van der Waals surface area contributed by atoms with Crippen LogP contribution in [0.2, 0.25) is 0 Å². The Bertz CT molecular complexity index is 420. The highest BCUT2D eigenvalue weighted by Crippen LogP contribution is 2.41. The van der Waals surface area contributed by atoms with Crippen LogP contribution in [0.5, 0.6) is 0 Å². The van der Waals surface area contributed by atoms with E-state index < -0.39 is 0 Å². The summed E-state index contributed by atoms with van der Waals surface area (Å²) < 4.78 is 0. The van der Waals surface area contributed by atoms with Gasteiger partial charge in [-0.3, -0.25) is 10.1 Å². The molecule has 1 aromatic heterocycles. The maximum Gasteiger partial charge on any atom is 0.249 e. The summed E-state index contributed by atoms with van der Waals surface area (Å²) in [6, 6.07) is 0. The second kappa shape index (κ2) is 3.45. The quantitative estimate of drug-likeness (QED) is 0.781. The van der Waals surface area contributed by atoms with Crippen LogP contribution in [0.15, 0.2) is 12.7 Å². The highest BCUT2D eigenvalue weighted by Gasteiger charge is 2.33. The van der Waals surface area contributed by atoms with Gasteiger partial charge >= 0.3 is 0 Å². The first-order chi connectivity index (χ1) is 7.03. The number of hydrogen-bond acceptors (Lipinski definition) is 3. The van der Waals surface area contributed by atoms with E-state index in [0.29, 0.717) is 5.13 Å². The van der Waals surface area contributed by atoms with E-state index in [0.717, 1.165) is 18.5 Å². The monoisotopic (exact) mass is 222 g/mol. The summed E-state index contributed by atoms with van der Waals surface area (Å²) in [6.45, 7) is 7.80. The highest BCUT2D eigenvalue weighted by molar-refractivity contribution is 7.16. The van der Waals surface area contributed by atoms with E-state index in [2.05, 4.69) is 30.7 Å². The van der Waals surface area contributed by atoms with Crippen LogP contribution in [-0.4, -0.2) is 10.9 Å². The number of nitrogens with zero attached hydrogens (tertiary/aromatic N) is 1. The Morgan fingerprint density at radius 3 is 3.00 bits per heavy atom. The molecule has 0 saturated carbocycles. The lowest BCUT2D eigenvalue weighted by Crippen LogP contribution is -2.14. The number of fused-ring (bicyclic) bond motifs is 1. The predicted molar refractivity (Wildman–Crippen MR) is 62.3 cm³/mol. The Morgan fingerprint density at radius 2 is 2.40 bits per heavy atom. The summed E-state index contributed by atoms with van der Waals surface area (Å²) in [6.07, 6.45) is 3.48. The van der Waals surface area contributed by atoms with Gasteiger partial charge in [0.05, 0.1) is 5.69 Å². The third kappa shape index (κ3) is 1.81. The molecule has 0 aliphatic heterocycles. The number of carbonyl (C=O) groups excluding carboxylic acids is 1. The van der Waals surface area contributed by atoms with Gasteiger partial charge in [0.25, 0.3) is 0 Å². The van der Waals surface area contributed by atoms with Crippen LogP contribution >= 0.6 is 11.3 Å². The molecule has 80 valence electrons. The molecule has 0 spiro atoms. The smallest absolute Gasteiger partial charge is 0.249 e. The summed E-state index contributed by atoms with van der Waals surface area (Å²) in [5.74, 6) is -0.194. The first-order valence-electron chi connectivity index (χ1n) is 4.96. The molecule has 0 atom stereocenters. The number of thiazole rings is 1. The number of anilines is 1. The number of nitrogens with one attached hydrogen (secondary N) is 1. The number of aromatic nitrogens is 1. The molecule has 1 aliphatic rings. The zero-order chi connectivity index (χ0) is 11.1. The van der Waals surface area contributed by atoms with Crippen molar-refractivity contribution in [2.45, 2.75) is 32.1 Å². The molecule has 0 saturated heterocycles. The molecular weight excluding hydrogens is 208 g/mol. The molecule has 0 radical (unpaired) electrons. The SMILES string of the molecule is C=CC(=O)Nc1nc2c(s1)CCC2(C)C. The molecule has 1 aliphatic carbocycles. The molecule has 0 bridgehead atoms. The topological polar surface area (TPSA) is 42.0 Å². The number of aryl methyl sites for hydroxylation is 1. The summed E-state index contributed by atoms with van der Waals surface area (Å²) in [4.78, 5) is 16.9. The summed E-state index contributed by atoms with van der Waals surface area (Å²) in [5, 5.41) is 3.40. The first kappa shape index (κ1) is 10.4. The number of hydrogen-bond donors (Lipinski definition) is 1. The predicted octanol–water partition coefficient (Wildman–Crippen LogP) is 2.49. The minimum atomic E-state index is -0.194. The Morgan fingerprint density at radius 1 is 1.67 bits per heavy atom. The normalized spacial score (nSPS) is 17.2. The maximum absolute atomic E-state index is 11.1. The minimum Gasteiger partial charge on any atom is -0.298 e. The minimum absolute atomic E-state index is 0.156. The van der Waals surface area contributed by atoms with Crippen molar-refractivity contribution in [3.8, 4) is 0 Å². The van der Waals surface area contributed by atoms with Crippen molar-refractivity contribution in [3.05, 3.63) is 23.2 Å². The van der Waals surface area contributed by atoms with Gasteiger partial charge in [-0.2, -0.15) is 0 Å². The van der Waals surface area contributed by atoms with Crippen LogP contribution in [-0.2, 0) is 16.6 Å². The molecule has 2 rings (SSSR count). The number of rotatable bonds is 2. The van der Waals surface area contributed by atoms with Crippen LogP contribution in [0.4, 0.5) is 5.13 Å². The third-order valence-electron chi connectivity index (χ3n) is 2.73. The lowest BCUT2D eigenvalue weighted by Gasteiger charge is -2.15. The van der Waals surface area contributed by atoms with E-state index in [1.807, 2.05) is 0 Å². The highest BCUT2D eigenvalue weighted by atomic mass is 32.1. The molecule has 1 aromatic rings. The van der Waals surface area contributed by atoms with E-state index in [4.69, 9.17) is 0 Å². The second-order valence-corrected chi connectivity index (χ2v) is 5.45. The van der Waals surface area contributed by atoms with Gasteiger partial charge in [0.2, 0.25) is 5.91 Å². The largest absolute Gasteiger partial charge is 0.298 e. The van der Waals surface area contributed by atoms with Crippen LogP contribution in [0.25, 0.3) is 0 Å². The van der Waals surface area contributed by atoms with E-state index in [1.54, 1.807) is 11.3 Å². The zero-order valence-corrected chi connectivity index (χ0v) is 9.78. The molecule has 15 heavy (non-hydrogen) atoms. The average molecular weight is 222 g/mol. The maximum atomic E-state index is 11.1. The Labute approximate surface area is 93.2 Å². The van der Waals surface area contributed by atoms with E-state index in [1.165, 1.54) is 11.0 Å². The lowest BCUT2D eigenvalue weighted by atomic mass is 9.91. The lowest BCUT2D eigenvalue weighted by molar-refractivity contribution is -0.111. The number of carbonyl (C=O) groups is 1. The molecule has 1 N–H and O–H groups in total. The van der Waals surface area contributed by atoms with Gasteiger partial charge < -0.3 is 0 Å². The van der Waals surface area contributed by atoms with Crippen LogP contribution in [0.3, 0.4) is 0 Å². The molecule has 0 aromatic carbocycles. The van der Waals surface area contributed by atoms with E-state index in [9.17, 15) is 4.79 Å². The molecule has 4 heteroatoms. The summed E-state index contributed by atoms with van der Waals surface area (Å²) >= 11 is 1.58. The fraction of sp³-hybridized carbons (Fsp3) is 0.455. The fourth-order valence-corrected chi connectivity index (χ4v) is 2.95. The third-order valence-corrected chi connectivity index (χ3v) is 3.76. The number of amides is 1. The standard InChI is InChI=1S/C11H14N2OS/c1-4-8(14)12-10-13-9-7(15-10)5-6-11(9,2)3/h4H,1,5-6H2,2-3H3,(H,12,13,14). The van der Waals surface area contributed by atoms with Crippen LogP contribution < -0.4 is 5.32 Å². The molecule has 1 amide bonds. The van der Waals surface area contributed by atoms with Gasteiger partial charge in [0, 0.05) is 10.3 Å². The van der Waals surface area contributed by atoms with Crippen LogP contribution in [0, 0.1) is 0 Å². The van der Waals surface area contributed by atoms with Crippen molar-refractivity contribution in [2.24, 2.45) is 0 Å². The summed E-state index contributed by atoms with van der Waals surface area (Å²) in [7, 11) is 0. The second-order valence-electron chi connectivity index (χ2n) is 4.37. The van der Waals surface area contributed by atoms with Crippen molar-refractivity contribution in [3.63, 3.8) is 0 Å². The van der Waals surface area contributed by atoms with Crippen molar-refractivity contribution in [1.29, 1.82) is 0 Å². The van der Waals surface area contributed by atoms with Crippen molar-refractivity contribution in [2.75, 3.05) is 5.32 Å².